The summed E-state index contributed by atoms with van der Waals surface area (Å²) in [6, 6.07) is 6.72. The summed E-state index contributed by atoms with van der Waals surface area (Å²) >= 11 is 5.95. The molecule has 1 aromatic carbocycles. The molecular weight excluding hydrogens is 202 g/mol. The van der Waals surface area contributed by atoms with Crippen LogP contribution in [0.4, 0.5) is 0 Å². The highest BCUT2D eigenvalue weighted by Gasteiger charge is 2.08. The van der Waals surface area contributed by atoms with Crippen molar-refractivity contribution in [1.29, 1.82) is 0 Å². The largest absolute Gasteiger partial charge is 0.618 e. The third-order valence-electron chi connectivity index (χ3n) is 2.05. The molecule has 0 aliphatic heterocycles. The second-order valence-corrected chi connectivity index (χ2v) is 3.28. The first-order chi connectivity index (χ1) is 6.72. The fraction of sp³-hybridized carbons (Fsp3) is 0.100. The fourth-order valence-electron chi connectivity index (χ4n) is 1.33. The first kappa shape index (κ1) is 9.09. The van der Waals surface area contributed by atoms with Crippen molar-refractivity contribution >= 4 is 22.5 Å². The van der Waals surface area contributed by atoms with Gasteiger partial charge in [-0.05, 0) is 12.1 Å². The van der Waals surface area contributed by atoms with Gasteiger partial charge < -0.3 is 9.94 Å². The molecule has 0 aliphatic carbocycles. The van der Waals surface area contributed by atoms with Crippen LogP contribution in [-0.4, -0.2) is 7.11 Å². The number of ether oxygens (including phenoxy) is 1. The highest BCUT2D eigenvalue weighted by Crippen LogP contribution is 2.24. The van der Waals surface area contributed by atoms with Crippen LogP contribution in [0.5, 0.6) is 5.75 Å². The van der Waals surface area contributed by atoms with Gasteiger partial charge in [0, 0.05) is 12.1 Å². The molecule has 2 aromatic rings. The second kappa shape index (κ2) is 3.35. The van der Waals surface area contributed by atoms with Crippen molar-refractivity contribution in [2.24, 2.45) is 0 Å². The lowest BCUT2D eigenvalue weighted by Crippen LogP contribution is -2.25. The molecule has 1 heterocycles. The van der Waals surface area contributed by atoms with E-state index < -0.39 is 0 Å². The Morgan fingerprint density at radius 1 is 1.36 bits per heavy atom. The summed E-state index contributed by atoms with van der Waals surface area (Å²) in [7, 11) is 1.57. The van der Waals surface area contributed by atoms with Crippen molar-refractivity contribution in [1.82, 2.24) is 0 Å². The van der Waals surface area contributed by atoms with Gasteiger partial charge in [0.15, 0.2) is 6.20 Å². The number of hydrogen-bond acceptors (Lipinski definition) is 2. The van der Waals surface area contributed by atoms with E-state index in [1.54, 1.807) is 31.4 Å². The maximum absolute atomic E-state index is 11.3. The van der Waals surface area contributed by atoms with Gasteiger partial charge in [-0.25, -0.2) is 0 Å². The number of nitrogens with zero attached hydrogens (tertiary/aromatic N) is 1. The van der Waals surface area contributed by atoms with E-state index in [0.717, 1.165) is 4.73 Å². The molecule has 0 aliphatic rings. The average molecular weight is 210 g/mol. The van der Waals surface area contributed by atoms with E-state index in [4.69, 9.17) is 16.3 Å². The van der Waals surface area contributed by atoms with Gasteiger partial charge in [0.05, 0.1) is 17.5 Å². The summed E-state index contributed by atoms with van der Waals surface area (Å²) in [4.78, 5) is 0. The first-order valence-electron chi connectivity index (χ1n) is 4.08. The molecule has 0 unspecified atom stereocenters. The Hall–Kier alpha value is -1.48. The molecule has 3 nitrogen and oxygen atoms in total. The summed E-state index contributed by atoms with van der Waals surface area (Å²) in [5.41, 5.74) is 0.540. The molecule has 0 amide bonds. The van der Waals surface area contributed by atoms with Gasteiger partial charge in [-0.1, -0.05) is 11.6 Å². The maximum Gasteiger partial charge on any atom is 0.225 e. The fourth-order valence-corrected chi connectivity index (χ4v) is 1.54. The van der Waals surface area contributed by atoms with Crippen LogP contribution in [0, 0.1) is 5.21 Å². The molecular formula is C10H8ClNO2. The topological polar surface area (TPSA) is 36.2 Å². The lowest BCUT2D eigenvalue weighted by Gasteiger charge is -2.04. The Morgan fingerprint density at radius 2 is 2.14 bits per heavy atom. The molecule has 72 valence electrons. The monoisotopic (exact) mass is 209 g/mol. The van der Waals surface area contributed by atoms with Crippen LogP contribution in [0.1, 0.15) is 0 Å². The van der Waals surface area contributed by atoms with E-state index in [9.17, 15) is 5.21 Å². The van der Waals surface area contributed by atoms with Gasteiger partial charge in [0.2, 0.25) is 5.52 Å². The number of aromatic nitrogens is 1. The molecule has 0 atom stereocenters. The molecule has 0 saturated carbocycles. The summed E-state index contributed by atoms with van der Waals surface area (Å²) < 4.78 is 5.83. The van der Waals surface area contributed by atoms with E-state index in [0.29, 0.717) is 21.7 Å². The quantitative estimate of drug-likeness (QED) is 0.533. The molecule has 0 radical (unpaired) electrons. The van der Waals surface area contributed by atoms with Gasteiger partial charge in [-0.3, -0.25) is 0 Å². The summed E-state index contributed by atoms with van der Waals surface area (Å²) in [5.74, 6) is 0.686. The summed E-state index contributed by atoms with van der Waals surface area (Å²) in [6.45, 7) is 0. The zero-order valence-electron chi connectivity index (χ0n) is 7.53. The van der Waals surface area contributed by atoms with Crippen LogP contribution in [0.25, 0.3) is 10.9 Å². The van der Waals surface area contributed by atoms with Crippen molar-refractivity contribution < 1.29 is 9.47 Å². The van der Waals surface area contributed by atoms with Crippen LogP contribution in [-0.2, 0) is 0 Å². The Labute approximate surface area is 86.1 Å². The minimum Gasteiger partial charge on any atom is -0.618 e. The third kappa shape index (κ3) is 1.36. The lowest BCUT2D eigenvalue weighted by atomic mass is 10.2. The van der Waals surface area contributed by atoms with E-state index in [-0.39, 0.29) is 0 Å². The summed E-state index contributed by atoms with van der Waals surface area (Å²) in [6.07, 6.45) is 1.39. The first-order valence-corrected chi connectivity index (χ1v) is 4.45. The number of methoxy groups -OCH3 is 1. The van der Waals surface area contributed by atoms with Crippen LogP contribution in [0.15, 0.2) is 30.5 Å². The Morgan fingerprint density at radius 3 is 2.86 bits per heavy atom. The molecule has 0 saturated heterocycles. The predicted octanol–water partition coefficient (Wildman–Crippen LogP) is 2.14. The number of halogens is 1. The van der Waals surface area contributed by atoms with E-state index in [1.165, 1.54) is 6.20 Å². The number of benzene rings is 1. The minimum absolute atomic E-state index is 0.540. The highest BCUT2D eigenvalue weighted by atomic mass is 35.5. The Balaban J connectivity index is 2.80. The molecule has 4 heteroatoms. The van der Waals surface area contributed by atoms with Crippen molar-refractivity contribution in [3.8, 4) is 5.75 Å². The molecule has 0 fully saturated rings. The average Bonchev–Trinajstić information content (AvgIpc) is 2.23. The van der Waals surface area contributed by atoms with Gasteiger partial charge in [0.1, 0.15) is 5.75 Å². The minimum atomic E-state index is 0.540. The predicted molar refractivity (Wildman–Crippen MR) is 54.5 cm³/mol. The maximum atomic E-state index is 11.3. The van der Waals surface area contributed by atoms with E-state index in [2.05, 4.69) is 0 Å². The van der Waals surface area contributed by atoms with Gasteiger partial charge in [-0.15, -0.1) is 0 Å². The third-order valence-corrected chi connectivity index (χ3v) is 2.38. The standard InChI is InChI=1S/C10H8ClNO2/c1-14-7-2-3-10-8(6-7)9(11)4-5-12(10)13/h2-6H,1H3. The number of fused-ring (bicyclic) bond motifs is 1. The van der Waals surface area contributed by atoms with Crippen molar-refractivity contribution in [2.45, 2.75) is 0 Å². The van der Waals surface area contributed by atoms with E-state index >= 15 is 0 Å². The van der Waals surface area contributed by atoms with Crippen molar-refractivity contribution in [3.05, 3.63) is 40.7 Å². The normalized spacial score (nSPS) is 10.4. The molecule has 0 spiro atoms. The summed E-state index contributed by atoms with van der Waals surface area (Å²) in [5, 5.41) is 12.6. The smallest absolute Gasteiger partial charge is 0.225 e. The van der Waals surface area contributed by atoms with Gasteiger partial charge in [0.25, 0.3) is 0 Å². The number of pyridine rings is 1. The Bertz CT molecular complexity index is 485. The zero-order chi connectivity index (χ0) is 10.1. The van der Waals surface area contributed by atoms with Crippen LogP contribution >= 0.6 is 11.6 Å². The van der Waals surface area contributed by atoms with Gasteiger partial charge >= 0.3 is 0 Å². The number of hydrogen-bond donors (Lipinski definition) is 0. The lowest BCUT2D eigenvalue weighted by molar-refractivity contribution is -0.577. The number of rotatable bonds is 1. The van der Waals surface area contributed by atoms with Crippen molar-refractivity contribution in [3.63, 3.8) is 0 Å². The van der Waals surface area contributed by atoms with Gasteiger partial charge in [-0.2, -0.15) is 4.73 Å². The molecule has 1 aromatic heterocycles. The molecule has 0 N–H and O–H groups in total. The molecule has 14 heavy (non-hydrogen) atoms. The molecule has 0 bridgehead atoms. The van der Waals surface area contributed by atoms with E-state index in [1.807, 2.05) is 0 Å². The zero-order valence-corrected chi connectivity index (χ0v) is 8.28. The van der Waals surface area contributed by atoms with Crippen LogP contribution in [0.2, 0.25) is 5.02 Å². The Kier molecular flexibility index (Phi) is 2.17. The highest BCUT2D eigenvalue weighted by molar-refractivity contribution is 6.35. The molecule has 2 rings (SSSR count). The van der Waals surface area contributed by atoms with Crippen molar-refractivity contribution in [2.75, 3.05) is 7.11 Å². The van der Waals surface area contributed by atoms with Crippen LogP contribution < -0.4 is 9.47 Å². The second-order valence-electron chi connectivity index (χ2n) is 2.87. The van der Waals surface area contributed by atoms with Crippen LogP contribution in [0.3, 0.4) is 0 Å². The SMILES string of the molecule is COc1ccc2c(c1)c(Cl)cc[n+]2[O-].